The van der Waals surface area contributed by atoms with Crippen LogP contribution in [0.4, 0.5) is 11.4 Å². The molecule has 2 aromatic rings. The Kier molecular flexibility index (Phi) is 3.10. The lowest BCUT2D eigenvalue weighted by Gasteiger charge is -2.24. The van der Waals surface area contributed by atoms with Crippen molar-refractivity contribution in [2.45, 2.75) is 6.42 Å². The summed E-state index contributed by atoms with van der Waals surface area (Å²) in [5, 5.41) is 0. The molecule has 4 heteroatoms. The van der Waals surface area contributed by atoms with E-state index in [9.17, 15) is 9.59 Å². The van der Waals surface area contributed by atoms with Crippen LogP contribution in [0.3, 0.4) is 0 Å². The average molecular weight is 363 g/mol. The number of hydrogen-bond acceptors (Lipinski definition) is 3. The highest BCUT2D eigenvalue weighted by Gasteiger charge is 2.26. The molecule has 0 atom stereocenters. The summed E-state index contributed by atoms with van der Waals surface area (Å²) < 4.78 is 1.94. The van der Waals surface area contributed by atoms with Crippen molar-refractivity contribution in [3.05, 3.63) is 59.7 Å². The topological polar surface area (TPSA) is 37.4 Å². The molecular weight excluding hydrogens is 353 g/mol. The summed E-state index contributed by atoms with van der Waals surface area (Å²) in [5.74, 6) is -0.767. The minimum atomic E-state index is -0.410. The maximum absolute atomic E-state index is 12.2. The number of ketones is 2. The lowest BCUT2D eigenvalue weighted by atomic mass is 9.96. The van der Waals surface area contributed by atoms with Crippen LogP contribution in [0.5, 0.6) is 0 Å². The number of rotatable bonds is 0. The molecule has 1 heterocycles. The van der Waals surface area contributed by atoms with Crippen molar-refractivity contribution < 1.29 is 9.59 Å². The molecule has 0 aliphatic carbocycles. The smallest absolute Gasteiger partial charge is 0.231 e. The van der Waals surface area contributed by atoms with E-state index in [1.165, 1.54) is 0 Å². The SMILES string of the molecule is O=C1Cc2ccccc2N(I)c2ccccc2C1=O. The van der Waals surface area contributed by atoms with E-state index in [4.69, 9.17) is 0 Å². The number of carbonyl (C=O) groups is 2. The van der Waals surface area contributed by atoms with Crippen molar-refractivity contribution in [3.8, 4) is 0 Å². The lowest BCUT2D eigenvalue weighted by molar-refractivity contribution is -0.114. The van der Waals surface area contributed by atoms with Crippen molar-refractivity contribution in [1.29, 1.82) is 0 Å². The highest BCUT2D eigenvalue weighted by molar-refractivity contribution is 14.1. The molecule has 0 unspecified atom stereocenters. The van der Waals surface area contributed by atoms with Gasteiger partial charge >= 0.3 is 0 Å². The zero-order valence-electron chi connectivity index (χ0n) is 9.97. The number of fused-ring (bicyclic) bond motifs is 2. The number of halogens is 1. The highest BCUT2D eigenvalue weighted by Crippen LogP contribution is 2.36. The van der Waals surface area contributed by atoms with Gasteiger partial charge in [0.05, 0.1) is 39.8 Å². The van der Waals surface area contributed by atoms with Crippen molar-refractivity contribution in [2.24, 2.45) is 0 Å². The fourth-order valence-electron chi connectivity index (χ4n) is 2.22. The van der Waals surface area contributed by atoms with Crippen LogP contribution in [0, 0.1) is 0 Å². The zero-order valence-corrected chi connectivity index (χ0v) is 12.1. The van der Waals surface area contributed by atoms with E-state index in [2.05, 4.69) is 22.9 Å². The third-order valence-electron chi connectivity index (χ3n) is 3.17. The van der Waals surface area contributed by atoms with E-state index in [1.807, 2.05) is 39.5 Å². The van der Waals surface area contributed by atoms with E-state index in [1.54, 1.807) is 12.1 Å². The molecule has 0 N–H and O–H groups in total. The molecule has 0 fully saturated rings. The van der Waals surface area contributed by atoms with Gasteiger partial charge in [-0.3, -0.25) is 12.7 Å². The van der Waals surface area contributed by atoms with Crippen LogP contribution in [0.2, 0.25) is 0 Å². The Morgan fingerprint density at radius 2 is 1.53 bits per heavy atom. The Balaban J connectivity index is 2.27. The van der Waals surface area contributed by atoms with Crippen molar-refractivity contribution in [1.82, 2.24) is 0 Å². The van der Waals surface area contributed by atoms with Crippen LogP contribution in [-0.4, -0.2) is 11.6 Å². The molecule has 0 spiro atoms. The summed E-state index contributed by atoms with van der Waals surface area (Å²) in [6, 6.07) is 14.9. The van der Waals surface area contributed by atoms with Crippen molar-refractivity contribution in [2.75, 3.05) is 3.11 Å². The van der Waals surface area contributed by atoms with Crippen molar-refractivity contribution >= 4 is 45.8 Å². The molecule has 2 aromatic carbocycles. The van der Waals surface area contributed by atoms with Gasteiger partial charge in [-0.2, -0.15) is 0 Å². The second kappa shape index (κ2) is 4.77. The van der Waals surface area contributed by atoms with Crippen LogP contribution >= 0.6 is 22.9 Å². The minimum Gasteiger partial charge on any atom is -0.290 e. The first-order valence-electron chi connectivity index (χ1n) is 5.89. The van der Waals surface area contributed by atoms with Gasteiger partial charge in [-0.05, 0) is 23.8 Å². The average Bonchev–Trinajstić information content (AvgIpc) is 2.45. The third-order valence-corrected chi connectivity index (χ3v) is 4.21. The van der Waals surface area contributed by atoms with E-state index in [-0.39, 0.29) is 12.2 Å². The van der Waals surface area contributed by atoms with Gasteiger partial charge in [0.25, 0.3) is 0 Å². The van der Waals surface area contributed by atoms with Gasteiger partial charge in [-0.1, -0.05) is 30.3 Å². The number of Topliss-reactive ketones (excluding diaryl/α,β-unsaturated/α-hetero) is 2. The van der Waals surface area contributed by atoms with Crippen molar-refractivity contribution in [3.63, 3.8) is 0 Å². The lowest BCUT2D eigenvalue weighted by Crippen LogP contribution is -2.22. The summed E-state index contributed by atoms with van der Waals surface area (Å²) in [6.45, 7) is 0. The van der Waals surface area contributed by atoms with E-state index >= 15 is 0 Å². The number of para-hydroxylation sites is 2. The summed E-state index contributed by atoms with van der Waals surface area (Å²) in [7, 11) is 0. The first-order valence-corrected chi connectivity index (χ1v) is 6.85. The normalized spacial score (nSPS) is 14.5. The van der Waals surface area contributed by atoms with Gasteiger partial charge in [-0.15, -0.1) is 0 Å². The second-order valence-corrected chi connectivity index (χ2v) is 5.32. The Labute approximate surface area is 124 Å². The largest absolute Gasteiger partial charge is 0.290 e. The molecule has 0 saturated carbocycles. The predicted octanol–water partition coefficient (Wildman–Crippen LogP) is 3.48. The summed E-state index contributed by atoms with van der Waals surface area (Å²) >= 11 is 2.17. The van der Waals surface area contributed by atoms with Gasteiger partial charge in [-0.25, -0.2) is 0 Å². The molecular formula is C15H10INO2. The maximum Gasteiger partial charge on any atom is 0.231 e. The Bertz CT molecular complexity index is 681. The highest BCUT2D eigenvalue weighted by atomic mass is 127. The van der Waals surface area contributed by atoms with E-state index < -0.39 is 5.78 Å². The van der Waals surface area contributed by atoms with E-state index in [0.717, 1.165) is 16.9 Å². The van der Waals surface area contributed by atoms with Gasteiger partial charge in [0.1, 0.15) is 0 Å². The third kappa shape index (κ3) is 2.06. The van der Waals surface area contributed by atoms with Gasteiger partial charge in [0, 0.05) is 6.42 Å². The molecule has 0 radical (unpaired) electrons. The molecule has 0 saturated heterocycles. The Morgan fingerprint density at radius 1 is 0.895 bits per heavy atom. The first kappa shape index (κ1) is 12.3. The standard InChI is InChI=1S/C15H10INO2/c16-17-12-7-3-1-5-10(12)9-14(18)15(19)11-6-2-4-8-13(11)17/h1-8H,9H2. The number of benzene rings is 2. The van der Waals surface area contributed by atoms with E-state index in [0.29, 0.717) is 5.56 Å². The Hall–Kier alpha value is -1.69. The number of anilines is 2. The summed E-state index contributed by atoms with van der Waals surface area (Å²) in [4.78, 5) is 24.2. The van der Waals surface area contributed by atoms with Crippen LogP contribution in [0.1, 0.15) is 15.9 Å². The fourth-order valence-corrected chi connectivity index (χ4v) is 3.11. The quantitative estimate of drug-likeness (QED) is 0.409. The monoisotopic (exact) mass is 363 g/mol. The zero-order chi connectivity index (χ0) is 13.4. The molecule has 0 amide bonds. The molecule has 0 bridgehead atoms. The predicted molar refractivity (Wildman–Crippen MR) is 82.1 cm³/mol. The second-order valence-electron chi connectivity index (χ2n) is 4.36. The number of nitrogens with zero attached hydrogens (tertiary/aromatic N) is 1. The molecule has 3 nitrogen and oxygen atoms in total. The number of carbonyl (C=O) groups excluding carboxylic acids is 2. The molecule has 3 rings (SSSR count). The van der Waals surface area contributed by atoms with Gasteiger partial charge in [0.15, 0.2) is 0 Å². The first-order chi connectivity index (χ1) is 9.18. The fraction of sp³-hybridized carbons (Fsp3) is 0.0667. The maximum atomic E-state index is 12.2. The minimum absolute atomic E-state index is 0.156. The summed E-state index contributed by atoms with van der Waals surface area (Å²) in [6.07, 6.45) is 0.156. The van der Waals surface area contributed by atoms with Crippen LogP contribution < -0.4 is 3.11 Å². The Morgan fingerprint density at radius 3 is 2.32 bits per heavy atom. The van der Waals surface area contributed by atoms with Crippen LogP contribution in [0.15, 0.2) is 48.5 Å². The molecule has 94 valence electrons. The van der Waals surface area contributed by atoms with Crippen LogP contribution in [0.25, 0.3) is 0 Å². The number of hydrogen-bond donors (Lipinski definition) is 0. The van der Waals surface area contributed by atoms with Gasteiger partial charge < -0.3 is 0 Å². The molecule has 0 aromatic heterocycles. The molecule has 1 aliphatic heterocycles. The molecule has 19 heavy (non-hydrogen) atoms. The van der Waals surface area contributed by atoms with Crippen LogP contribution in [-0.2, 0) is 11.2 Å². The molecule has 1 aliphatic rings. The van der Waals surface area contributed by atoms with Gasteiger partial charge in [0.2, 0.25) is 11.6 Å². The summed E-state index contributed by atoms with van der Waals surface area (Å²) in [5.41, 5.74) is 3.06.